The van der Waals surface area contributed by atoms with Crippen LogP contribution in [-0.4, -0.2) is 72.1 Å². The molecular formula is C20H28N2O6. The van der Waals surface area contributed by atoms with Crippen LogP contribution in [0, 0.1) is 5.41 Å². The lowest BCUT2D eigenvalue weighted by molar-refractivity contribution is -0.141. The van der Waals surface area contributed by atoms with Gasteiger partial charge in [0.2, 0.25) is 5.91 Å². The van der Waals surface area contributed by atoms with E-state index in [0.29, 0.717) is 44.1 Å². The Hall–Kier alpha value is -2.77. The molecule has 2 amide bonds. The van der Waals surface area contributed by atoms with Crippen molar-refractivity contribution < 1.29 is 29.0 Å². The number of aliphatic carboxylic acids is 1. The minimum absolute atomic E-state index is 0.0816. The molecule has 1 saturated heterocycles. The molecule has 0 saturated carbocycles. The molecule has 1 N–H and O–H groups in total. The van der Waals surface area contributed by atoms with Crippen molar-refractivity contribution in [3.8, 4) is 11.5 Å². The van der Waals surface area contributed by atoms with Crippen LogP contribution in [0.4, 0.5) is 0 Å². The number of benzene rings is 1. The summed E-state index contributed by atoms with van der Waals surface area (Å²) in [5.41, 5.74) is -0.00797. The van der Waals surface area contributed by atoms with Gasteiger partial charge in [0.05, 0.1) is 6.61 Å². The van der Waals surface area contributed by atoms with Gasteiger partial charge in [-0.25, -0.2) is 4.79 Å². The highest BCUT2D eigenvalue weighted by Crippen LogP contribution is 2.29. The fourth-order valence-corrected chi connectivity index (χ4v) is 2.94. The molecule has 28 heavy (non-hydrogen) atoms. The summed E-state index contributed by atoms with van der Waals surface area (Å²) in [6.07, 6.45) is 0. The zero-order chi connectivity index (χ0) is 20.9. The number of carbonyl (C=O) groups excluding carboxylic acids is 2. The Kier molecular flexibility index (Phi) is 6.88. The van der Waals surface area contributed by atoms with E-state index in [9.17, 15) is 14.4 Å². The minimum atomic E-state index is -1.09. The third-order valence-electron chi connectivity index (χ3n) is 4.34. The molecule has 0 atom stereocenters. The summed E-state index contributed by atoms with van der Waals surface area (Å²) in [5, 5.41) is 8.76. The number of carboxylic acid groups (broad SMARTS) is 1. The maximum atomic E-state index is 12.8. The minimum Gasteiger partial charge on any atom is -0.490 e. The van der Waals surface area contributed by atoms with E-state index in [0.717, 1.165) is 0 Å². The van der Waals surface area contributed by atoms with E-state index in [4.69, 9.17) is 14.6 Å². The molecule has 0 unspecified atom stereocenters. The largest absolute Gasteiger partial charge is 0.490 e. The molecule has 1 aliphatic rings. The monoisotopic (exact) mass is 392 g/mol. The van der Waals surface area contributed by atoms with E-state index in [1.54, 1.807) is 34.9 Å². The van der Waals surface area contributed by atoms with Crippen LogP contribution in [0.15, 0.2) is 18.2 Å². The Bertz CT molecular complexity index is 733. The lowest BCUT2D eigenvalue weighted by Gasteiger charge is -2.37. The zero-order valence-corrected chi connectivity index (χ0v) is 16.9. The Morgan fingerprint density at radius 1 is 1.00 bits per heavy atom. The second-order valence-electron chi connectivity index (χ2n) is 7.61. The maximum absolute atomic E-state index is 12.8. The summed E-state index contributed by atoms with van der Waals surface area (Å²) in [6, 6.07) is 4.70. The quantitative estimate of drug-likeness (QED) is 0.794. The summed E-state index contributed by atoms with van der Waals surface area (Å²) in [4.78, 5) is 39.4. The molecule has 1 heterocycles. The zero-order valence-electron chi connectivity index (χ0n) is 16.9. The number of rotatable bonds is 6. The summed E-state index contributed by atoms with van der Waals surface area (Å²) in [7, 11) is 0. The van der Waals surface area contributed by atoms with Crippen molar-refractivity contribution in [2.75, 3.05) is 39.4 Å². The van der Waals surface area contributed by atoms with Crippen LogP contribution < -0.4 is 9.47 Å². The van der Waals surface area contributed by atoms with Gasteiger partial charge in [0, 0.05) is 37.2 Å². The fraction of sp³-hybridized carbons (Fsp3) is 0.550. The Labute approximate surface area is 165 Å². The molecule has 2 rings (SSSR count). The standard InChI is InChI=1S/C20H28N2O6/c1-5-27-16-12-14(6-7-15(16)28-13-17(23)24)18(25)21-8-10-22(11-9-21)19(26)20(2,3)4/h6-7,12H,5,8-11,13H2,1-4H3,(H,23,24). The van der Waals surface area contributed by atoms with Crippen LogP contribution in [0.1, 0.15) is 38.1 Å². The molecule has 8 heteroatoms. The lowest BCUT2D eigenvalue weighted by atomic mass is 9.94. The number of ether oxygens (including phenoxy) is 2. The first-order valence-corrected chi connectivity index (χ1v) is 9.33. The number of carboxylic acids is 1. The van der Waals surface area contributed by atoms with Gasteiger partial charge >= 0.3 is 5.97 Å². The van der Waals surface area contributed by atoms with Gasteiger partial charge in [-0.15, -0.1) is 0 Å². The van der Waals surface area contributed by atoms with Crippen molar-refractivity contribution in [1.82, 2.24) is 9.80 Å². The number of hydrogen-bond donors (Lipinski definition) is 1. The van der Waals surface area contributed by atoms with Crippen LogP contribution >= 0.6 is 0 Å². The van der Waals surface area contributed by atoms with E-state index in [1.165, 1.54) is 0 Å². The number of nitrogens with zero attached hydrogens (tertiary/aromatic N) is 2. The van der Waals surface area contributed by atoms with Crippen molar-refractivity contribution >= 4 is 17.8 Å². The number of hydrogen-bond acceptors (Lipinski definition) is 5. The molecule has 0 aliphatic carbocycles. The van der Waals surface area contributed by atoms with Gasteiger partial charge in [-0.3, -0.25) is 9.59 Å². The Balaban J connectivity index is 2.07. The average Bonchev–Trinajstić information content (AvgIpc) is 2.65. The second kappa shape index (κ2) is 8.95. The van der Waals surface area contributed by atoms with E-state index in [-0.39, 0.29) is 17.6 Å². The first kappa shape index (κ1) is 21.5. The van der Waals surface area contributed by atoms with Crippen molar-refractivity contribution in [3.63, 3.8) is 0 Å². The van der Waals surface area contributed by atoms with Crippen LogP contribution in [0.25, 0.3) is 0 Å². The van der Waals surface area contributed by atoms with Gasteiger partial charge < -0.3 is 24.4 Å². The Morgan fingerprint density at radius 2 is 1.61 bits per heavy atom. The molecular weight excluding hydrogens is 364 g/mol. The topological polar surface area (TPSA) is 96.4 Å². The smallest absolute Gasteiger partial charge is 0.341 e. The predicted octanol–water partition coefficient (Wildman–Crippen LogP) is 1.88. The Morgan fingerprint density at radius 3 is 2.14 bits per heavy atom. The van der Waals surface area contributed by atoms with Crippen molar-refractivity contribution in [3.05, 3.63) is 23.8 Å². The second-order valence-corrected chi connectivity index (χ2v) is 7.61. The molecule has 0 aromatic heterocycles. The van der Waals surface area contributed by atoms with Crippen LogP contribution in [-0.2, 0) is 9.59 Å². The van der Waals surface area contributed by atoms with Crippen LogP contribution in [0.2, 0.25) is 0 Å². The third-order valence-corrected chi connectivity index (χ3v) is 4.34. The maximum Gasteiger partial charge on any atom is 0.341 e. The molecule has 8 nitrogen and oxygen atoms in total. The van der Waals surface area contributed by atoms with Gasteiger partial charge in [-0.2, -0.15) is 0 Å². The molecule has 0 radical (unpaired) electrons. The van der Waals surface area contributed by atoms with Crippen molar-refractivity contribution in [2.24, 2.45) is 5.41 Å². The van der Waals surface area contributed by atoms with Gasteiger partial charge in [-0.05, 0) is 25.1 Å². The van der Waals surface area contributed by atoms with Crippen molar-refractivity contribution in [2.45, 2.75) is 27.7 Å². The average molecular weight is 392 g/mol. The number of piperazine rings is 1. The molecule has 0 spiro atoms. The highest BCUT2D eigenvalue weighted by Gasteiger charge is 2.31. The van der Waals surface area contributed by atoms with Gasteiger partial charge in [0.1, 0.15) is 0 Å². The van der Waals surface area contributed by atoms with E-state index >= 15 is 0 Å². The molecule has 1 aromatic rings. The molecule has 0 bridgehead atoms. The van der Waals surface area contributed by atoms with Crippen LogP contribution in [0.3, 0.4) is 0 Å². The first-order valence-electron chi connectivity index (χ1n) is 9.33. The molecule has 1 aliphatic heterocycles. The van der Waals surface area contributed by atoms with Gasteiger partial charge in [0.25, 0.3) is 5.91 Å². The van der Waals surface area contributed by atoms with Crippen LogP contribution in [0.5, 0.6) is 11.5 Å². The summed E-state index contributed by atoms with van der Waals surface area (Å²) in [5.74, 6) is -0.561. The highest BCUT2D eigenvalue weighted by atomic mass is 16.5. The van der Waals surface area contributed by atoms with Gasteiger partial charge in [-0.1, -0.05) is 20.8 Å². The first-order chi connectivity index (χ1) is 13.1. The number of amides is 2. The van der Waals surface area contributed by atoms with E-state index < -0.39 is 18.0 Å². The predicted molar refractivity (Wildman–Crippen MR) is 103 cm³/mol. The molecule has 154 valence electrons. The highest BCUT2D eigenvalue weighted by molar-refractivity contribution is 5.95. The third kappa shape index (κ3) is 5.37. The normalized spacial score (nSPS) is 14.6. The summed E-state index contributed by atoms with van der Waals surface area (Å²) >= 11 is 0. The molecule has 1 fully saturated rings. The van der Waals surface area contributed by atoms with Crippen molar-refractivity contribution in [1.29, 1.82) is 0 Å². The SMILES string of the molecule is CCOc1cc(C(=O)N2CCN(C(=O)C(C)(C)C)CC2)ccc1OCC(=O)O. The van der Waals surface area contributed by atoms with E-state index in [2.05, 4.69) is 0 Å². The van der Waals surface area contributed by atoms with Gasteiger partial charge in [0.15, 0.2) is 18.1 Å². The summed E-state index contributed by atoms with van der Waals surface area (Å²) in [6.45, 7) is 9.23. The summed E-state index contributed by atoms with van der Waals surface area (Å²) < 4.78 is 10.7. The lowest BCUT2D eigenvalue weighted by Crippen LogP contribution is -2.53. The number of carbonyl (C=O) groups is 3. The van der Waals surface area contributed by atoms with E-state index in [1.807, 2.05) is 20.8 Å². The fourth-order valence-electron chi connectivity index (χ4n) is 2.94. The molecule has 1 aromatic carbocycles.